The third-order valence-electron chi connectivity index (χ3n) is 5.20. The molecule has 2 aromatic rings. The summed E-state index contributed by atoms with van der Waals surface area (Å²) in [5, 5.41) is 3.55. The Morgan fingerprint density at radius 3 is 2.32 bits per heavy atom. The third-order valence-corrected chi connectivity index (χ3v) is 5.45. The smallest absolute Gasteiger partial charge is 0.261 e. The minimum Gasteiger partial charge on any atom is -0.483 e. The van der Waals surface area contributed by atoms with Crippen LogP contribution in [-0.2, 0) is 16.1 Å². The van der Waals surface area contributed by atoms with Gasteiger partial charge in [-0.25, -0.2) is 0 Å². The zero-order valence-corrected chi connectivity index (χ0v) is 20.0. The highest BCUT2D eigenvalue weighted by molar-refractivity contribution is 6.30. The number of nitrogens with one attached hydrogen (secondary N) is 1. The van der Waals surface area contributed by atoms with E-state index in [0.717, 1.165) is 22.3 Å². The fourth-order valence-electron chi connectivity index (χ4n) is 3.46. The molecule has 0 saturated heterocycles. The topological polar surface area (TPSA) is 58.6 Å². The van der Waals surface area contributed by atoms with Crippen LogP contribution >= 0.6 is 11.6 Å². The Balaban J connectivity index is 2.26. The van der Waals surface area contributed by atoms with Gasteiger partial charge in [0, 0.05) is 17.6 Å². The van der Waals surface area contributed by atoms with Crippen LogP contribution in [0.2, 0.25) is 5.02 Å². The maximum Gasteiger partial charge on any atom is 0.261 e. The number of benzene rings is 2. The molecule has 0 radical (unpaired) electrons. The van der Waals surface area contributed by atoms with E-state index in [0.29, 0.717) is 23.7 Å². The van der Waals surface area contributed by atoms with Crippen LogP contribution in [0.1, 0.15) is 49.4 Å². The van der Waals surface area contributed by atoms with Crippen LogP contribution in [-0.4, -0.2) is 35.4 Å². The van der Waals surface area contributed by atoms with Crippen molar-refractivity contribution >= 4 is 23.4 Å². The van der Waals surface area contributed by atoms with Crippen LogP contribution in [0.15, 0.2) is 36.4 Å². The summed E-state index contributed by atoms with van der Waals surface area (Å²) in [6, 6.07) is 10.7. The largest absolute Gasteiger partial charge is 0.483 e. The SMILES string of the molecule is CC[C@H](C(=O)NC(C)C)N(Cc1ccc(Cl)cc1)C(=O)COc1cc(C)cc(C)c1C. The fraction of sp³-hybridized carbons (Fsp3) is 0.440. The molecule has 0 spiro atoms. The second-order valence-electron chi connectivity index (χ2n) is 8.23. The molecule has 6 heteroatoms. The molecule has 0 heterocycles. The summed E-state index contributed by atoms with van der Waals surface area (Å²) in [6.45, 7) is 11.9. The van der Waals surface area contributed by atoms with Crippen LogP contribution in [0.4, 0.5) is 0 Å². The predicted octanol–water partition coefficient (Wildman–Crippen LogP) is 4.98. The van der Waals surface area contributed by atoms with Crippen molar-refractivity contribution in [3.05, 3.63) is 63.7 Å². The molecule has 2 aromatic carbocycles. The van der Waals surface area contributed by atoms with E-state index in [1.165, 1.54) is 0 Å². The van der Waals surface area contributed by atoms with Gasteiger partial charge >= 0.3 is 0 Å². The number of ether oxygens (including phenoxy) is 1. The van der Waals surface area contributed by atoms with Gasteiger partial charge in [-0.1, -0.05) is 36.7 Å². The molecule has 0 aliphatic carbocycles. The van der Waals surface area contributed by atoms with Gasteiger partial charge in [0.2, 0.25) is 5.91 Å². The van der Waals surface area contributed by atoms with Crippen molar-refractivity contribution in [1.29, 1.82) is 0 Å². The number of carbonyl (C=O) groups excluding carboxylic acids is 2. The molecule has 31 heavy (non-hydrogen) atoms. The molecule has 1 atom stereocenters. The van der Waals surface area contributed by atoms with Gasteiger partial charge in [-0.05, 0) is 81.5 Å². The Morgan fingerprint density at radius 1 is 1.10 bits per heavy atom. The Kier molecular flexibility index (Phi) is 8.93. The number of hydrogen-bond acceptors (Lipinski definition) is 3. The van der Waals surface area contributed by atoms with Crippen molar-refractivity contribution in [2.24, 2.45) is 0 Å². The first-order valence-electron chi connectivity index (χ1n) is 10.7. The van der Waals surface area contributed by atoms with Gasteiger partial charge in [0.05, 0.1) is 0 Å². The van der Waals surface area contributed by atoms with Crippen LogP contribution < -0.4 is 10.1 Å². The van der Waals surface area contributed by atoms with Crippen LogP contribution in [0.25, 0.3) is 0 Å². The highest BCUT2D eigenvalue weighted by Crippen LogP contribution is 2.24. The van der Waals surface area contributed by atoms with Crippen molar-refractivity contribution in [1.82, 2.24) is 10.2 Å². The fourth-order valence-corrected chi connectivity index (χ4v) is 3.59. The summed E-state index contributed by atoms with van der Waals surface area (Å²) in [5.74, 6) is 0.290. The molecule has 0 fully saturated rings. The van der Waals surface area contributed by atoms with Gasteiger partial charge in [-0.15, -0.1) is 0 Å². The molecule has 0 aliphatic rings. The minimum absolute atomic E-state index is 0.0109. The summed E-state index contributed by atoms with van der Waals surface area (Å²) in [4.78, 5) is 27.7. The first kappa shape index (κ1) is 24.7. The Morgan fingerprint density at radius 2 is 1.74 bits per heavy atom. The highest BCUT2D eigenvalue weighted by Gasteiger charge is 2.29. The maximum atomic E-state index is 13.3. The van der Waals surface area contributed by atoms with Crippen molar-refractivity contribution in [3.8, 4) is 5.75 Å². The Bertz CT molecular complexity index is 910. The van der Waals surface area contributed by atoms with Gasteiger partial charge in [0.15, 0.2) is 6.61 Å². The highest BCUT2D eigenvalue weighted by atomic mass is 35.5. The molecule has 0 aliphatic heterocycles. The average Bonchev–Trinajstić information content (AvgIpc) is 2.70. The van der Waals surface area contributed by atoms with Gasteiger partial charge in [-0.2, -0.15) is 0 Å². The lowest BCUT2D eigenvalue weighted by Crippen LogP contribution is -2.51. The number of carbonyl (C=O) groups is 2. The third kappa shape index (κ3) is 7.00. The molecule has 1 N–H and O–H groups in total. The minimum atomic E-state index is -0.588. The number of rotatable bonds is 9. The quantitative estimate of drug-likeness (QED) is 0.593. The number of nitrogens with zero attached hydrogens (tertiary/aromatic N) is 1. The summed E-state index contributed by atoms with van der Waals surface area (Å²) >= 11 is 6.00. The average molecular weight is 445 g/mol. The lowest BCUT2D eigenvalue weighted by Gasteiger charge is -2.31. The Hall–Kier alpha value is -2.53. The van der Waals surface area contributed by atoms with Gasteiger partial charge in [-0.3, -0.25) is 9.59 Å². The molecule has 5 nitrogen and oxygen atoms in total. The van der Waals surface area contributed by atoms with Crippen molar-refractivity contribution in [2.45, 2.75) is 66.6 Å². The van der Waals surface area contributed by atoms with Crippen molar-refractivity contribution < 1.29 is 14.3 Å². The van der Waals surface area contributed by atoms with Gasteiger partial charge < -0.3 is 15.0 Å². The molecule has 0 unspecified atom stereocenters. The molecule has 2 amide bonds. The maximum absolute atomic E-state index is 13.3. The van der Waals surface area contributed by atoms with Crippen molar-refractivity contribution in [2.75, 3.05) is 6.61 Å². The van der Waals surface area contributed by atoms with E-state index >= 15 is 0 Å². The molecule has 168 valence electrons. The van der Waals surface area contributed by atoms with E-state index in [4.69, 9.17) is 16.3 Å². The van der Waals surface area contributed by atoms with Gasteiger partial charge in [0.1, 0.15) is 11.8 Å². The second-order valence-corrected chi connectivity index (χ2v) is 8.67. The first-order chi connectivity index (χ1) is 14.6. The summed E-state index contributed by atoms with van der Waals surface area (Å²) < 4.78 is 5.91. The van der Waals surface area contributed by atoms with Crippen LogP contribution in [0.3, 0.4) is 0 Å². The monoisotopic (exact) mass is 444 g/mol. The molecule has 2 rings (SSSR count). The van der Waals surface area contributed by atoms with E-state index in [2.05, 4.69) is 11.4 Å². The first-order valence-corrected chi connectivity index (χ1v) is 11.0. The standard InChI is InChI=1S/C25H33ClN2O3/c1-7-22(25(30)27-16(2)3)28(14-20-8-10-21(26)11-9-20)24(29)15-31-23-13-17(4)12-18(5)19(23)6/h8-13,16,22H,7,14-15H2,1-6H3,(H,27,30)/t22-/m1/s1. The number of aryl methyl sites for hydroxylation is 2. The van der Waals surface area contributed by atoms with E-state index in [-0.39, 0.29) is 24.5 Å². The van der Waals surface area contributed by atoms with E-state index in [9.17, 15) is 9.59 Å². The predicted molar refractivity (Wildman–Crippen MR) is 126 cm³/mol. The van der Waals surface area contributed by atoms with E-state index < -0.39 is 6.04 Å². The number of halogens is 1. The van der Waals surface area contributed by atoms with E-state index in [1.807, 2.05) is 59.7 Å². The van der Waals surface area contributed by atoms with Gasteiger partial charge in [0.25, 0.3) is 5.91 Å². The second kappa shape index (κ2) is 11.2. The van der Waals surface area contributed by atoms with Crippen LogP contribution in [0, 0.1) is 20.8 Å². The zero-order valence-electron chi connectivity index (χ0n) is 19.3. The molecular formula is C25H33ClN2O3. The molecular weight excluding hydrogens is 412 g/mol. The normalized spacial score (nSPS) is 11.9. The number of amides is 2. The summed E-state index contributed by atoms with van der Waals surface area (Å²) in [5.41, 5.74) is 4.10. The molecule has 0 saturated carbocycles. The zero-order chi connectivity index (χ0) is 23.1. The molecule has 0 bridgehead atoms. The summed E-state index contributed by atoms with van der Waals surface area (Å²) in [6.07, 6.45) is 0.500. The molecule has 0 aromatic heterocycles. The number of hydrogen-bond donors (Lipinski definition) is 1. The van der Waals surface area contributed by atoms with Crippen LogP contribution in [0.5, 0.6) is 5.75 Å². The lowest BCUT2D eigenvalue weighted by atomic mass is 10.1. The summed E-state index contributed by atoms with van der Waals surface area (Å²) in [7, 11) is 0. The van der Waals surface area contributed by atoms with E-state index in [1.54, 1.807) is 17.0 Å². The van der Waals surface area contributed by atoms with Crippen molar-refractivity contribution in [3.63, 3.8) is 0 Å². The lowest BCUT2D eigenvalue weighted by molar-refractivity contribution is -0.143. The Labute approximate surface area is 190 Å².